The standard InChI is InChI=1S/C14H13Cl2NOS.ClH/c15-10-2-1-3-12(14(10)16)18-11-4-6-17-8-13-9(11)5-7-19-13;/h1-3,5,7,11,17H,4,6,8H2;1H. The smallest absolute Gasteiger partial charge is 0.140 e. The number of rotatable bonds is 2. The molecule has 1 aromatic carbocycles. The van der Waals surface area contributed by atoms with E-state index in [4.69, 9.17) is 27.9 Å². The van der Waals surface area contributed by atoms with Crippen molar-refractivity contribution < 1.29 is 4.74 Å². The molecule has 0 amide bonds. The van der Waals surface area contributed by atoms with Gasteiger partial charge < -0.3 is 10.1 Å². The summed E-state index contributed by atoms with van der Waals surface area (Å²) < 4.78 is 6.08. The fourth-order valence-electron chi connectivity index (χ4n) is 2.22. The minimum Gasteiger partial charge on any atom is -0.484 e. The summed E-state index contributed by atoms with van der Waals surface area (Å²) >= 11 is 14.0. The van der Waals surface area contributed by atoms with Crippen molar-refractivity contribution in [2.24, 2.45) is 0 Å². The Morgan fingerprint density at radius 1 is 1.25 bits per heavy atom. The summed E-state index contributed by atoms with van der Waals surface area (Å²) in [6.45, 7) is 1.85. The van der Waals surface area contributed by atoms with Crippen LogP contribution in [0.1, 0.15) is 23.0 Å². The fraction of sp³-hybridized carbons (Fsp3) is 0.286. The van der Waals surface area contributed by atoms with Crippen LogP contribution < -0.4 is 10.1 Å². The van der Waals surface area contributed by atoms with Gasteiger partial charge in [0, 0.05) is 23.4 Å². The van der Waals surface area contributed by atoms with Crippen LogP contribution >= 0.6 is 46.9 Å². The summed E-state index contributed by atoms with van der Waals surface area (Å²) in [4.78, 5) is 1.33. The van der Waals surface area contributed by atoms with Gasteiger partial charge in [0.25, 0.3) is 0 Å². The first-order chi connectivity index (χ1) is 9.25. The number of ether oxygens (including phenoxy) is 1. The monoisotopic (exact) mass is 349 g/mol. The second kappa shape index (κ2) is 7.01. The van der Waals surface area contributed by atoms with E-state index < -0.39 is 0 Å². The SMILES string of the molecule is Cl.Clc1cccc(OC2CCNCc3sccc32)c1Cl. The van der Waals surface area contributed by atoms with Gasteiger partial charge in [-0.15, -0.1) is 23.7 Å². The van der Waals surface area contributed by atoms with Crippen molar-refractivity contribution in [1.29, 1.82) is 0 Å². The minimum atomic E-state index is 0. The van der Waals surface area contributed by atoms with Gasteiger partial charge in [-0.1, -0.05) is 29.3 Å². The van der Waals surface area contributed by atoms with Crippen LogP contribution in [0.25, 0.3) is 0 Å². The Morgan fingerprint density at radius 2 is 2.10 bits per heavy atom. The van der Waals surface area contributed by atoms with Crippen molar-refractivity contribution in [2.75, 3.05) is 6.54 Å². The molecule has 2 heterocycles. The van der Waals surface area contributed by atoms with Crippen molar-refractivity contribution in [3.8, 4) is 5.75 Å². The first-order valence-electron chi connectivity index (χ1n) is 6.13. The van der Waals surface area contributed by atoms with E-state index in [0.29, 0.717) is 15.8 Å². The first kappa shape index (κ1) is 15.9. The molecule has 2 aromatic rings. The molecule has 0 saturated carbocycles. The summed E-state index contributed by atoms with van der Waals surface area (Å²) in [6.07, 6.45) is 0.958. The zero-order valence-electron chi connectivity index (χ0n) is 10.6. The zero-order valence-corrected chi connectivity index (χ0v) is 13.7. The van der Waals surface area contributed by atoms with Crippen LogP contribution in [0.5, 0.6) is 5.75 Å². The lowest BCUT2D eigenvalue weighted by Gasteiger charge is -2.18. The Hall–Kier alpha value is -0.450. The Bertz CT molecular complexity index is 588. The molecule has 0 fully saturated rings. The van der Waals surface area contributed by atoms with Crippen LogP contribution in [-0.4, -0.2) is 6.54 Å². The van der Waals surface area contributed by atoms with Gasteiger partial charge in [0.1, 0.15) is 16.9 Å². The van der Waals surface area contributed by atoms with Gasteiger partial charge in [-0.2, -0.15) is 0 Å². The molecular weight excluding hydrogens is 337 g/mol. The van der Waals surface area contributed by atoms with E-state index in [2.05, 4.69) is 16.8 Å². The molecular formula is C14H14Cl3NOS. The Labute approximate surface area is 138 Å². The average Bonchev–Trinajstić information content (AvgIpc) is 2.79. The summed E-state index contributed by atoms with van der Waals surface area (Å²) in [5, 5.41) is 6.52. The fourth-order valence-corrected chi connectivity index (χ4v) is 3.46. The highest BCUT2D eigenvalue weighted by Gasteiger charge is 2.22. The maximum Gasteiger partial charge on any atom is 0.140 e. The van der Waals surface area contributed by atoms with E-state index in [9.17, 15) is 0 Å². The molecule has 1 aromatic heterocycles. The highest BCUT2D eigenvalue weighted by molar-refractivity contribution is 7.10. The van der Waals surface area contributed by atoms with Gasteiger partial charge in [-0.05, 0) is 30.1 Å². The van der Waals surface area contributed by atoms with Crippen molar-refractivity contribution >= 4 is 46.9 Å². The number of fused-ring (bicyclic) bond motifs is 1. The Morgan fingerprint density at radius 3 is 2.95 bits per heavy atom. The molecule has 0 bridgehead atoms. The summed E-state index contributed by atoms with van der Waals surface area (Å²) in [5.41, 5.74) is 1.26. The number of thiophene rings is 1. The molecule has 2 nitrogen and oxygen atoms in total. The molecule has 1 aliphatic rings. The van der Waals surface area contributed by atoms with Gasteiger partial charge in [0.2, 0.25) is 0 Å². The molecule has 1 aliphatic heterocycles. The summed E-state index contributed by atoms with van der Waals surface area (Å²) in [6, 6.07) is 7.61. The molecule has 0 saturated heterocycles. The molecule has 20 heavy (non-hydrogen) atoms. The maximum atomic E-state index is 6.18. The molecule has 0 radical (unpaired) electrons. The lowest BCUT2D eigenvalue weighted by molar-refractivity contribution is 0.198. The van der Waals surface area contributed by atoms with E-state index in [-0.39, 0.29) is 18.5 Å². The van der Waals surface area contributed by atoms with Crippen LogP contribution in [0.4, 0.5) is 0 Å². The first-order valence-corrected chi connectivity index (χ1v) is 7.77. The second-order valence-electron chi connectivity index (χ2n) is 4.42. The molecule has 0 spiro atoms. The molecule has 1 atom stereocenters. The molecule has 6 heteroatoms. The molecule has 0 aliphatic carbocycles. The van der Waals surface area contributed by atoms with Crippen LogP contribution in [0, 0.1) is 0 Å². The van der Waals surface area contributed by atoms with E-state index >= 15 is 0 Å². The quantitative estimate of drug-likeness (QED) is 0.814. The normalized spacial score (nSPS) is 17.8. The maximum absolute atomic E-state index is 6.18. The van der Waals surface area contributed by atoms with Gasteiger partial charge in [-0.25, -0.2) is 0 Å². The third-order valence-electron chi connectivity index (χ3n) is 3.18. The Kier molecular flexibility index (Phi) is 5.58. The molecule has 1 N–H and O–H groups in total. The number of hydrogen-bond donors (Lipinski definition) is 1. The molecule has 108 valence electrons. The third kappa shape index (κ3) is 3.23. The van der Waals surface area contributed by atoms with Gasteiger partial charge in [-0.3, -0.25) is 0 Å². The average molecular weight is 351 g/mol. The lowest BCUT2D eigenvalue weighted by atomic mass is 10.1. The minimum absolute atomic E-state index is 0. The predicted octanol–water partition coefficient (Wildman–Crippen LogP) is 5.09. The highest BCUT2D eigenvalue weighted by Crippen LogP contribution is 2.37. The van der Waals surface area contributed by atoms with E-state index in [1.807, 2.05) is 12.1 Å². The van der Waals surface area contributed by atoms with Crippen LogP contribution in [0.3, 0.4) is 0 Å². The number of nitrogens with one attached hydrogen (secondary N) is 1. The van der Waals surface area contributed by atoms with Gasteiger partial charge in [0.15, 0.2) is 0 Å². The number of benzene rings is 1. The highest BCUT2D eigenvalue weighted by atomic mass is 35.5. The number of hydrogen-bond acceptors (Lipinski definition) is 3. The van der Waals surface area contributed by atoms with Gasteiger partial charge in [0.05, 0.1) is 5.02 Å². The molecule has 3 rings (SSSR count). The second-order valence-corrected chi connectivity index (χ2v) is 6.21. The van der Waals surface area contributed by atoms with E-state index in [1.54, 1.807) is 17.4 Å². The van der Waals surface area contributed by atoms with Crippen molar-refractivity contribution in [3.63, 3.8) is 0 Å². The van der Waals surface area contributed by atoms with Crippen LogP contribution in [-0.2, 0) is 6.54 Å². The Balaban J connectivity index is 0.00000147. The van der Waals surface area contributed by atoms with Crippen LogP contribution in [0.15, 0.2) is 29.6 Å². The summed E-state index contributed by atoms with van der Waals surface area (Å²) in [7, 11) is 0. The van der Waals surface area contributed by atoms with Crippen LogP contribution in [0.2, 0.25) is 10.0 Å². The zero-order chi connectivity index (χ0) is 13.2. The van der Waals surface area contributed by atoms with Crippen molar-refractivity contribution in [2.45, 2.75) is 19.1 Å². The predicted molar refractivity (Wildman–Crippen MR) is 87.7 cm³/mol. The van der Waals surface area contributed by atoms with E-state index in [0.717, 1.165) is 19.5 Å². The molecule has 1 unspecified atom stereocenters. The third-order valence-corrected chi connectivity index (χ3v) is 4.92. The van der Waals surface area contributed by atoms with Crippen molar-refractivity contribution in [1.82, 2.24) is 5.32 Å². The van der Waals surface area contributed by atoms with Gasteiger partial charge >= 0.3 is 0 Å². The van der Waals surface area contributed by atoms with E-state index in [1.165, 1.54) is 10.4 Å². The lowest BCUT2D eigenvalue weighted by Crippen LogP contribution is -2.14. The summed E-state index contributed by atoms with van der Waals surface area (Å²) in [5.74, 6) is 0.651. The topological polar surface area (TPSA) is 21.3 Å². The van der Waals surface area contributed by atoms with Crippen molar-refractivity contribution in [3.05, 3.63) is 50.1 Å². The number of halogens is 3. The largest absolute Gasteiger partial charge is 0.484 e.